The molecule has 1 fully saturated rings. The van der Waals surface area contributed by atoms with E-state index in [0.717, 1.165) is 42.8 Å². The lowest BCUT2D eigenvalue weighted by Crippen LogP contribution is -2.45. The lowest BCUT2D eigenvalue weighted by molar-refractivity contribution is 0.170. The van der Waals surface area contributed by atoms with E-state index in [9.17, 15) is 0 Å². The zero-order chi connectivity index (χ0) is 14.4. The molecular formula is C16H23BrN2O. The molecule has 1 aliphatic heterocycles. The number of hydrogen-bond donors (Lipinski definition) is 1. The van der Waals surface area contributed by atoms with E-state index in [1.54, 1.807) is 0 Å². The number of piperazine rings is 1. The van der Waals surface area contributed by atoms with Crippen LogP contribution < -0.4 is 10.1 Å². The highest BCUT2D eigenvalue weighted by molar-refractivity contribution is 9.10. The van der Waals surface area contributed by atoms with Crippen molar-refractivity contribution in [2.75, 3.05) is 32.8 Å². The quantitative estimate of drug-likeness (QED) is 0.805. The summed E-state index contributed by atoms with van der Waals surface area (Å²) in [5.74, 6) is 0.987. The third-order valence-electron chi connectivity index (χ3n) is 3.61. The van der Waals surface area contributed by atoms with Gasteiger partial charge in [0.1, 0.15) is 5.75 Å². The predicted octanol–water partition coefficient (Wildman–Crippen LogP) is 3.37. The maximum atomic E-state index is 5.81. The smallest absolute Gasteiger partial charge is 0.124 e. The normalized spacial score (nSPS) is 17.7. The summed E-state index contributed by atoms with van der Waals surface area (Å²) in [4.78, 5) is 2.52. The number of nitrogens with zero attached hydrogens (tertiary/aromatic N) is 1. The number of hydrogen-bond acceptors (Lipinski definition) is 3. The Morgan fingerprint density at radius 2 is 2.20 bits per heavy atom. The number of rotatable bonds is 6. The largest absolute Gasteiger partial charge is 0.494 e. The second-order valence-electron chi connectivity index (χ2n) is 4.94. The predicted molar refractivity (Wildman–Crippen MR) is 87.3 cm³/mol. The molecule has 20 heavy (non-hydrogen) atoms. The molecule has 0 radical (unpaired) electrons. The molecule has 110 valence electrons. The van der Waals surface area contributed by atoms with E-state index in [1.165, 1.54) is 5.56 Å². The summed E-state index contributed by atoms with van der Waals surface area (Å²) in [6, 6.07) is 6.62. The summed E-state index contributed by atoms with van der Waals surface area (Å²) >= 11 is 3.58. The van der Waals surface area contributed by atoms with E-state index in [0.29, 0.717) is 12.6 Å². The molecule has 0 saturated carbocycles. The minimum Gasteiger partial charge on any atom is -0.494 e. The van der Waals surface area contributed by atoms with Crippen molar-refractivity contribution in [3.63, 3.8) is 0 Å². The third-order valence-corrected chi connectivity index (χ3v) is 4.11. The van der Waals surface area contributed by atoms with Gasteiger partial charge < -0.3 is 10.1 Å². The molecule has 1 N–H and O–H groups in total. The molecular weight excluding hydrogens is 316 g/mol. The monoisotopic (exact) mass is 338 g/mol. The summed E-state index contributed by atoms with van der Waals surface area (Å²) < 4.78 is 6.91. The van der Waals surface area contributed by atoms with E-state index in [4.69, 9.17) is 4.74 Å². The molecule has 0 spiro atoms. The van der Waals surface area contributed by atoms with Crippen LogP contribution in [0.3, 0.4) is 0 Å². The molecule has 0 amide bonds. The zero-order valence-corrected chi connectivity index (χ0v) is 13.7. The van der Waals surface area contributed by atoms with Crippen LogP contribution in [-0.2, 0) is 0 Å². The highest BCUT2D eigenvalue weighted by atomic mass is 79.9. The highest BCUT2D eigenvalue weighted by Crippen LogP contribution is 2.34. The average Bonchev–Trinajstić information content (AvgIpc) is 2.48. The Morgan fingerprint density at radius 1 is 1.45 bits per heavy atom. The number of halogens is 1. The fraction of sp³-hybridized carbons (Fsp3) is 0.500. The first kappa shape index (κ1) is 15.5. The van der Waals surface area contributed by atoms with Crippen LogP contribution in [0.15, 0.2) is 35.3 Å². The van der Waals surface area contributed by atoms with Gasteiger partial charge in [0.15, 0.2) is 0 Å². The molecule has 3 nitrogen and oxygen atoms in total. The highest BCUT2D eigenvalue weighted by Gasteiger charge is 2.24. The van der Waals surface area contributed by atoms with Crippen LogP contribution >= 0.6 is 15.9 Å². The summed E-state index contributed by atoms with van der Waals surface area (Å²) in [5.41, 5.74) is 1.25. The standard InChI is InChI=1S/C16H23BrN2O/c1-3-5-15(19-10-8-18-9-11-19)14-12-13(17)6-7-16(14)20-4-2/h3,6-7,12,15,18H,1,4-5,8-11H2,2H3/t15-/m1/s1. The first-order valence-electron chi connectivity index (χ1n) is 7.24. The lowest BCUT2D eigenvalue weighted by Gasteiger charge is -2.35. The molecule has 2 rings (SSSR count). The molecule has 0 aromatic heterocycles. The van der Waals surface area contributed by atoms with E-state index in [1.807, 2.05) is 19.1 Å². The Kier molecular flexibility index (Phi) is 6.07. The van der Waals surface area contributed by atoms with Crippen molar-refractivity contribution in [3.05, 3.63) is 40.9 Å². The van der Waals surface area contributed by atoms with Gasteiger partial charge in [-0.15, -0.1) is 6.58 Å². The topological polar surface area (TPSA) is 24.5 Å². The molecule has 1 aromatic carbocycles. The van der Waals surface area contributed by atoms with Gasteiger partial charge in [0.2, 0.25) is 0 Å². The van der Waals surface area contributed by atoms with Crippen molar-refractivity contribution >= 4 is 15.9 Å². The van der Waals surface area contributed by atoms with Crippen LogP contribution in [0.25, 0.3) is 0 Å². The van der Waals surface area contributed by atoms with Gasteiger partial charge in [-0.05, 0) is 31.5 Å². The molecule has 1 atom stereocenters. The lowest BCUT2D eigenvalue weighted by atomic mass is 10.00. The maximum Gasteiger partial charge on any atom is 0.124 e. The molecule has 1 aliphatic rings. The Balaban J connectivity index is 2.31. The zero-order valence-electron chi connectivity index (χ0n) is 12.1. The van der Waals surface area contributed by atoms with E-state index in [2.05, 4.69) is 44.9 Å². The van der Waals surface area contributed by atoms with Crippen molar-refractivity contribution < 1.29 is 4.74 Å². The van der Waals surface area contributed by atoms with E-state index < -0.39 is 0 Å². The van der Waals surface area contributed by atoms with Crippen molar-refractivity contribution in [1.82, 2.24) is 10.2 Å². The first-order valence-corrected chi connectivity index (χ1v) is 8.03. The fourth-order valence-corrected chi connectivity index (χ4v) is 3.07. The number of nitrogens with one attached hydrogen (secondary N) is 1. The molecule has 1 saturated heterocycles. The van der Waals surface area contributed by atoms with E-state index in [-0.39, 0.29) is 0 Å². The van der Waals surface area contributed by atoms with Crippen molar-refractivity contribution in [1.29, 1.82) is 0 Å². The van der Waals surface area contributed by atoms with Gasteiger partial charge in [0, 0.05) is 42.3 Å². The van der Waals surface area contributed by atoms with Crippen LogP contribution in [0.4, 0.5) is 0 Å². The molecule has 1 aromatic rings. The fourth-order valence-electron chi connectivity index (χ4n) is 2.69. The first-order chi connectivity index (χ1) is 9.76. The van der Waals surface area contributed by atoms with Gasteiger partial charge in [0.05, 0.1) is 6.61 Å². The Bertz CT molecular complexity index is 444. The Hall–Kier alpha value is -0.840. The van der Waals surface area contributed by atoms with Gasteiger partial charge in [-0.3, -0.25) is 4.90 Å². The van der Waals surface area contributed by atoms with Crippen LogP contribution in [0, 0.1) is 0 Å². The van der Waals surface area contributed by atoms with E-state index >= 15 is 0 Å². The van der Waals surface area contributed by atoms with Crippen LogP contribution in [-0.4, -0.2) is 37.7 Å². The Labute approximate surface area is 130 Å². The van der Waals surface area contributed by atoms with Gasteiger partial charge in [0.25, 0.3) is 0 Å². The minimum atomic E-state index is 0.341. The van der Waals surface area contributed by atoms with Crippen LogP contribution in [0.5, 0.6) is 5.75 Å². The maximum absolute atomic E-state index is 5.81. The molecule has 0 aliphatic carbocycles. The van der Waals surface area contributed by atoms with Crippen molar-refractivity contribution in [2.45, 2.75) is 19.4 Å². The Morgan fingerprint density at radius 3 is 2.85 bits per heavy atom. The second-order valence-corrected chi connectivity index (χ2v) is 5.86. The molecule has 0 unspecified atom stereocenters. The number of benzene rings is 1. The van der Waals surface area contributed by atoms with Gasteiger partial charge in [-0.25, -0.2) is 0 Å². The number of ether oxygens (including phenoxy) is 1. The molecule has 4 heteroatoms. The average molecular weight is 339 g/mol. The van der Waals surface area contributed by atoms with Crippen molar-refractivity contribution in [3.8, 4) is 5.75 Å². The minimum absolute atomic E-state index is 0.341. The van der Waals surface area contributed by atoms with Gasteiger partial charge in [-0.1, -0.05) is 22.0 Å². The third kappa shape index (κ3) is 3.84. The summed E-state index contributed by atoms with van der Waals surface area (Å²) in [6.45, 7) is 10.9. The molecule has 1 heterocycles. The summed E-state index contributed by atoms with van der Waals surface area (Å²) in [6.07, 6.45) is 2.94. The van der Waals surface area contributed by atoms with Crippen LogP contribution in [0.2, 0.25) is 0 Å². The summed E-state index contributed by atoms with van der Waals surface area (Å²) in [7, 11) is 0. The SMILES string of the molecule is C=CC[C@H](c1cc(Br)ccc1OCC)N1CCNCC1. The van der Waals surface area contributed by atoms with Crippen LogP contribution in [0.1, 0.15) is 24.9 Å². The second kappa shape index (κ2) is 7.81. The van der Waals surface area contributed by atoms with Crippen molar-refractivity contribution in [2.24, 2.45) is 0 Å². The van der Waals surface area contributed by atoms with Gasteiger partial charge >= 0.3 is 0 Å². The summed E-state index contributed by atoms with van der Waals surface area (Å²) in [5, 5.41) is 3.41. The van der Waals surface area contributed by atoms with Gasteiger partial charge in [-0.2, -0.15) is 0 Å². The molecule has 0 bridgehead atoms.